The molecule has 0 saturated heterocycles. The minimum atomic E-state index is -0.465. The van der Waals surface area contributed by atoms with E-state index in [1.807, 2.05) is 30.5 Å². The molecule has 0 radical (unpaired) electrons. The van der Waals surface area contributed by atoms with Crippen molar-refractivity contribution in [2.45, 2.75) is 12.5 Å². The lowest BCUT2D eigenvalue weighted by molar-refractivity contribution is -0.119. The summed E-state index contributed by atoms with van der Waals surface area (Å²) in [7, 11) is 3.31. The molecule has 0 aliphatic rings. The van der Waals surface area contributed by atoms with Gasteiger partial charge >= 0.3 is 0 Å². The molecule has 0 saturated carbocycles. The van der Waals surface area contributed by atoms with E-state index in [0.29, 0.717) is 12.2 Å². The van der Waals surface area contributed by atoms with Gasteiger partial charge in [-0.2, -0.15) is 11.8 Å². The second-order valence-electron chi connectivity index (χ2n) is 3.96. The molecule has 1 aromatic carbocycles. The number of hydrogen-bond donors (Lipinski definition) is 1. The van der Waals surface area contributed by atoms with Crippen molar-refractivity contribution in [2.75, 3.05) is 31.1 Å². The fourth-order valence-corrected chi connectivity index (χ4v) is 2.13. The fourth-order valence-electron chi connectivity index (χ4n) is 1.64. The maximum absolute atomic E-state index is 12.2. The number of carbonyl (C=O) groups excluding carboxylic acids is 1. The number of methoxy groups -OCH3 is 1. The summed E-state index contributed by atoms with van der Waals surface area (Å²) in [6.45, 7) is 0. The molecule has 100 valence electrons. The Kier molecular flexibility index (Phi) is 6.01. The second kappa shape index (κ2) is 7.28. The van der Waals surface area contributed by atoms with Gasteiger partial charge in [0.05, 0.1) is 18.8 Å². The first-order chi connectivity index (χ1) is 8.61. The lowest BCUT2D eigenvalue weighted by Gasteiger charge is -2.23. The third-order valence-corrected chi connectivity index (χ3v) is 3.37. The van der Waals surface area contributed by atoms with Gasteiger partial charge in [-0.1, -0.05) is 12.1 Å². The molecule has 4 nitrogen and oxygen atoms in total. The van der Waals surface area contributed by atoms with E-state index in [-0.39, 0.29) is 5.91 Å². The van der Waals surface area contributed by atoms with E-state index in [1.54, 1.807) is 30.8 Å². The third kappa shape index (κ3) is 3.65. The van der Waals surface area contributed by atoms with E-state index in [1.165, 1.54) is 0 Å². The van der Waals surface area contributed by atoms with Crippen LogP contribution in [0, 0.1) is 0 Å². The molecule has 1 amide bonds. The molecule has 2 N–H and O–H groups in total. The zero-order chi connectivity index (χ0) is 13.5. The molecule has 0 aliphatic heterocycles. The zero-order valence-corrected chi connectivity index (χ0v) is 11.9. The largest absolute Gasteiger partial charge is 0.495 e. The van der Waals surface area contributed by atoms with Gasteiger partial charge in [-0.25, -0.2) is 0 Å². The van der Waals surface area contributed by atoms with Gasteiger partial charge in [0, 0.05) is 7.05 Å². The van der Waals surface area contributed by atoms with Crippen LogP contribution in [-0.4, -0.2) is 38.1 Å². The first kappa shape index (κ1) is 14.9. The van der Waals surface area contributed by atoms with E-state index in [9.17, 15) is 4.79 Å². The van der Waals surface area contributed by atoms with Crippen LogP contribution in [0.1, 0.15) is 6.42 Å². The quantitative estimate of drug-likeness (QED) is 0.854. The van der Waals surface area contributed by atoms with E-state index < -0.39 is 6.04 Å². The zero-order valence-electron chi connectivity index (χ0n) is 11.1. The number of anilines is 1. The summed E-state index contributed by atoms with van der Waals surface area (Å²) in [5.41, 5.74) is 6.63. The Balaban J connectivity index is 2.79. The summed E-state index contributed by atoms with van der Waals surface area (Å²) in [5.74, 6) is 1.46. The summed E-state index contributed by atoms with van der Waals surface area (Å²) >= 11 is 1.69. The van der Waals surface area contributed by atoms with Crippen LogP contribution in [-0.2, 0) is 4.79 Å². The highest BCUT2D eigenvalue weighted by Gasteiger charge is 2.20. The number of benzene rings is 1. The van der Waals surface area contributed by atoms with Gasteiger partial charge in [0.1, 0.15) is 5.75 Å². The Labute approximate surface area is 112 Å². The first-order valence-electron chi connectivity index (χ1n) is 5.77. The van der Waals surface area contributed by atoms with E-state index in [2.05, 4.69) is 0 Å². The van der Waals surface area contributed by atoms with Gasteiger partial charge in [-0.15, -0.1) is 0 Å². The summed E-state index contributed by atoms with van der Waals surface area (Å²) < 4.78 is 5.24. The molecule has 0 aromatic heterocycles. The SMILES string of the molecule is COc1ccccc1N(C)C(=O)[C@@H](N)CCSC. The standard InChI is InChI=1S/C13H20N2O2S/c1-15(13(16)10(14)8-9-18-3)11-6-4-5-7-12(11)17-2/h4-7,10H,8-9,14H2,1-3H3/t10-/m0/s1. The minimum Gasteiger partial charge on any atom is -0.495 e. The average Bonchev–Trinajstić information content (AvgIpc) is 2.42. The van der Waals surface area contributed by atoms with Crippen molar-refractivity contribution < 1.29 is 9.53 Å². The van der Waals surface area contributed by atoms with Crippen LogP contribution in [0.4, 0.5) is 5.69 Å². The molecule has 1 aromatic rings. The summed E-state index contributed by atoms with van der Waals surface area (Å²) in [4.78, 5) is 13.7. The first-order valence-corrected chi connectivity index (χ1v) is 7.16. The maximum Gasteiger partial charge on any atom is 0.243 e. The predicted octanol–water partition coefficient (Wildman–Crippen LogP) is 1.74. The van der Waals surface area contributed by atoms with Crippen molar-refractivity contribution in [2.24, 2.45) is 5.73 Å². The van der Waals surface area contributed by atoms with Gasteiger partial charge in [0.25, 0.3) is 0 Å². The van der Waals surface area contributed by atoms with Crippen molar-refractivity contribution in [3.8, 4) is 5.75 Å². The van der Waals surface area contributed by atoms with Crippen LogP contribution >= 0.6 is 11.8 Å². The molecule has 0 heterocycles. The number of ether oxygens (including phenoxy) is 1. The van der Waals surface area contributed by atoms with Crippen LogP contribution in [0.25, 0.3) is 0 Å². The van der Waals surface area contributed by atoms with Gasteiger partial charge < -0.3 is 15.4 Å². The molecule has 5 heteroatoms. The molecule has 18 heavy (non-hydrogen) atoms. The Morgan fingerprint density at radius 1 is 1.50 bits per heavy atom. The second-order valence-corrected chi connectivity index (χ2v) is 4.94. The molecule has 1 atom stereocenters. The number of carbonyl (C=O) groups is 1. The number of nitrogens with two attached hydrogens (primary N) is 1. The van der Waals surface area contributed by atoms with Crippen LogP contribution < -0.4 is 15.4 Å². The topological polar surface area (TPSA) is 55.6 Å². The third-order valence-electron chi connectivity index (χ3n) is 2.73. The number of nitrogens with zero attached hydrogens (tertiary/aromatic N) is 1. The highest BCUT2D eigenvalue weighted by molar-refractivity contribution is 7.98. The number of amides is 1. The van der Waals surface area contributed by atoms with Crippen LogP contribution in [0.5, 0.6) is 5.75 Å². The fraction of sp³-hybridized carbons (Fsp3) is 0.462. The molecule has 1 rings (SSSR count). The Hall–Kier alpha value is -1.20. The van der Waals surface area contributed by atoms with Gasteiger partial charge in [-0.3, -0.25) is 4.79 Å². The lowest BCUT2D eigenvalue weighted by Crippen LogP contribution is -2.42. The van der Waals surface area contributed by atoms with E-state index >= 15 is 0 Å². The Morgan fingerprint density at radius 2 is 2.17 bits per heavy atom. The van der Waals surface area contributed by atoms with Crippen LogP contribution in [0.3, 0.4) is 0 Å². The van der Waals surface area contributed by atoms with Crippen molar-refractivity contribution in [1.82, 2.24) is 0 Å². The number of thioether (sulfide) groups is 1. The molecular formula is C13H20N2O2S. The Morgan fingerprint density at radius 3 is 2.78 bits per heavy atom. The molecule has 0 spiro atoms. The molecule has 0 bridgehead atoms. The predicted molar refractivity (Wildman–Crippen MR) is 77.4 cm³/mol. The van der Waals surface area contributed by atoms with E-state index in [4.69, 9.17) is 10.5 Å². The lowest BCUT2D eigenvalue weighted by atomic mass is 10.2. The van der Waals surface area contributed by atoms with Gasteiger partial charge in [-0.05, 0) is 30.6 Å². The minimum absolute atomic E-state index is 0.0893. The van der Waals surface area contributed by atoms with Crippen molar-refractivity contribution in [3.63, 3.8) is 0 Å². The molecule has 0 aliphatic carbocycles. The number of likely N-dealkylation sites (N-methyl/N-ethyl adjacent to an activating group) is 1. The van der Waals surface area contributed by atoms with Crippen molar-refractivity contribution >= 4 is 23.4 Å². The molecule has 0 unspecified atom stereocenters. The summed E-state index contributed by atoms with van der Waals surface area (Å²) in [6.07, 6.45) is 2.68. The van der Waals surface area contributed by atoms with Crippen LogP contribution in [0.2, 0.25) is 0 Å². The summed E-state index contributed by atoms with van der Waals surface area (Å²) in [5, 5.41) is 0. The van der Waals surface area contributed by atoms with Gasteiger partial charge in [0.2, 0.25) is 5.91 Å². The Bertz CT molecular complexity index is 398. The highest BCUT2D eigenvalue weighted by atomic mass is 32.2. The van der Waals surface area contributed by atoms with Crippen LogP contribution in [0.15, 0.2) is 24.3 Å². The summed E-state index contributed by atoms with van der Waals surface area (Å²) in [6, 6.07) is 6.95. The number of rotatable bonds is 6. The smallest absolute Gasteiger partial charge is 0.243 e. The van der Waals surface area contributed by atoms with Crippen molar-refractivity contribution in [1.29, 1.82) is 0 Å². The number of para-hydroxylation sites is 2. The van der Waals surface area contributed by atoms with Crippen molar-refractivity contribution in [3.05, 3.63) is 24.3 Å². The monoisotopic (exact) mass is 268 g/mol. The highest BCUT2D eigenvalue weighted by Crippen LogP contribution is 2.27. The molecule has 0 fully saturated rings. The normalized spacial score (nSPS) is 12.0. The molecular weight excluding hydrogens is 248 g/mol. The maximum atomic E-state index is 12.2. The average molecular weight is 268 g/mol. The van der Waals surface area contributed by atoms with E-state index in [0.717, 1.165) is 11.4 Å². The van der Waals surface area contributed by atoms with Gasteiger partial charge in [0.15, 0.2) is 0 Å². The number of hydrogen-bond acceptors (Lipinski definition) is 4.